The van der Waals surface area contributed by atoms with E-state index in [2.05, 4.69) is 9.71 Å². The maximum absolute atomic E-state index is 13.9. The number of rotatable bonds is 5. The molecule has 3 aromatic rings. The number of carbonyl (C=O) groups excluding carboxylic acids is 1. The number of hydrogen-bond acceptors (Lipinski definition) is 4. The van der Waals surface area contributed by atoms with Crippen LogP contribution in [0.4, 0.5) is 4.39 Å². The van der Waals surface area contributed by atoms with Crippen LogP contribution in [0.25, 0.3) is 11.0 Å². The van der Waals surface area contributed by atoms with Gasteiger partial charge in [0.2, 0.25) is 15.9 Å². The third kappa shape index (κ3) is 4.13. The van der Waals surface area contributed by atoms with Crippen molar-refractivity contribution in [2.45, 2.75) is 36.7 Å². The maximum atomic E-state index is 13.9. The topological polar surface area (TPSA) is 104 Å². The summed E-state index contributed by atoms with van der Waals surface area (Å²) < 4.78 is 42.8. The summed E-state index contributed by atoms with van der Waals surface area (Å²) in [6.07, 6.45) is 1.14. The van der Waals surface area contributed by atoms with E-state index in [0.717, 1.165) is 23.2 Å². The van der Waals surface area contributed by atoms with E-state index in [1.165, 1.54) is 19.1 Å². The van der Waals surface area contributed by atoms with E-state index < -0.39 is 26.8 Å². The smallest absolute Gasteiger partial charge is 0.326 e. The zero-order valence-corrected chi connectivity index (χ0v) is 17.7. The van der Waals surface area contributed by atoms with Gasteiger partial charge in [-0.2, -0.15) is 4.72 Å². The molecular formula is C21H23FN4O4S. The van der Waals surface area contributed by atoms with Gasteiger partial charge in [-0.25, -0.2) is 17.6 Å². The second kappa shape index (κ2) is 8.27. The second-order valence-electron chi connectivity index (χ2n) is 7.65. The summed E-state index contributed by atoms with van der Waals surface area (Å²) in [5.74, 6) is -1.26. The number of benzene rings is 2. The van der Waals surface area contributed by atoms with Crippen molar-refractivity contribution in [1.82, 2.24) is 19.2 Å². The molecule has 0 bridgehead atoms. The molecule has 31 heavy (non-hydrogen) atoms. The zero-order valence-electron chi connectivity index (χ0n) is 16.9. The highest BCUT2D eigenvalue weighted by molar-refractivity contribution is 7.89. The first-order chi connectivity index (χ1) is 14.8. The van der Waals surface area contributed by atoms with Gasteiger partial charge in [0.05, 0.1) is 17.1 Å². The first kappa shape index (κ1) is 21.3. The molecule has 2 N–H and O–H groups in total. The van der Waals surface area contributed by atoms with Crippen LogP contribution in [0.2, 0.25) is 0 Å². The fourth-order valence-electron chi connectivity index (χ4n) is 4.06. The molecule has 8 nitrogen and oxygen atoms in total. The molecule has 4 rings (SSSR count). The van der Waals surface area contributed by atoms with E-state index in [0.29, 0.717) is 25.9 Å². The van der Waals surface area contributed by atoms with Crippen molar-refractivity contribution in [3.8, 4) is 0 Å². The molecule has 0 saturated carbocycles. The summed E-state index contributed by atoms with van der Waals surface area (Å²) in [6, 6.07) is 11.4. The number of fused-ring (bicyclic) bond motifs is 1. The monoisotopic (exact) mass is 446 g/mol. The van der Waals surface area contributed by atoms with Crippen LogP contribution in [0.5, 0.6) is 0 Å². The SMILES string of the molecule is CC(NS(=O)(=O)c1ccccc1F)C(=O)N1CCC(n2c(=O)[nH]c3ccccc32)CC1. The minimum atomic E-state index is -4.17. The quantitative estimate of drug-likeness (QED) is 0.626. The molecule has 1 aromatic heterocycles. The number of halogens is 1. The first-order valence-electron chi connectivity index (χ1n) is 10.0. The molecule has 1 aliphatic heterocycles. The van der Waals surface area contributed by atoms with Crippen molar-refractivity contribution in [1.29, 1.82) is 0 Å². The molecule has 1 aliphatic rings. The largest absolute Gasteiger partial charge is 0.341 e. The number of hydrogen-bond donors (Lipinski definition) is 2. The minimum Gasteiger partial charge on any atom is -0.341 e. The molecule has 10 heteroatoms. The van der Waals surface area contributed by atoms with E-state index in [-0.39, 0.29) is 17.6 Å². The van der Waals surface area contributed by atoms with Crippen molar-refractivity contribution < 1.29 is 17.6 Å². The summed E-state index contributed by atoms with van der Waals surface area (Å²) in [5.41, 5.74) is 1.41. The Bertz CT molecular complexity index is 1280. The predicted octanol–water partition coefficient (Wildman–Crippen LogP) is 2.00. The summed E-state index contributed by atoms with van der Waals surface area (Å²) in [4.78, 5) is 29.1. The van der Waals surface area contributed by atoms with Crippen molar-refractivity contribution in [3.63, 3.8) is 0 Å². The first-order valence-corrected chi connectivity index (χ1v) is 11.5. The van der Waals surface area contributed by atoms with E-state index in [1.54, 1.807) is 9.47 Å². The second-order valence-corrected chi connectivity index (χ2v) is 9.33. The highest BCUT2D eigenvalue weighted by Gasteiger charge is 2.31. The maximum Gasteiger partial charge on any atom is 0.326 e. The van der Waals surface area contributed by atoms with Gasteiger partial charge < -0.3 is 9.88 Å². The molecule has 2 heterocycles. The van der Waals surface area contributed by atoms with Gasteiger partial charge in [-0.05, 0) is 44.0 Å². The molecule has 1 fully saturated rings. The number of piperidine rings is 1. The Morgan fingerprint density at radius 2 is 1.77 bits per heavy atom. The number of para-hydroxylation sites is 2. The molecule has 0 aliphatic carbocycles. The standard InChI is InChI=1S/C21H23FN4O4S/c1-14(24-31(29,30)19-9-5-2-6-16(19)22)20(27)25-12-10-15(11-13-25)26-18-8-4-3-7-17(18)23-21(26)28/h2-9,14-15,24H,10-13H2,1H3,(H,23,28). The van der Waals surface area contributed by atoms with Gasteiger partial charge in [-0.15, -0.1) is 0 Å². The fourth-order valence-corrected chi connectivity index (χ4v) is 5.34. The average Bonchev–Trinajstić information content (AvgIpc) is 3.09. The van der Waals surface area contributed by atoms with Gasteiger partial charge in [0, 0.05) is 19.1 Å². The molecule has 1 unspecified atom stereocenters. The van der Waals surface area contributed by atoms with Crippen LogP contribution < -0.4 is 10.4 Å². The number of nitrogens with one attached hydrogen (secondary N) is 2. The molecule has 1 saturated heterocycles. The van der Waals surface area contributed by atoms with Crippen LogP contribution in [0.3, 0.4) is 0 Å². The third-order valence-corrected chi connectivity index (χ3v) is 7.17. The summed E-state index contributed by atoms with van der Waals surface area (Å²) >= 11 is 0. The van der Waals surface area contributed by atoms with Gasteiger partial charge in [-0.1, -0.05) is 24.3 Å². The number of aromatic amines is 1. The predicted molar refractivity (Wildman–Crippen MR) is 114 cm³/mol. The van der Waals surface area contributed by atoms with Gasteiger partial charge in [0.1, 0.15) is 10.7 Å². The van der Waals surface area contributed by atoms with Crippen LogP contribution in [0.15, 0.2) is 58.2 Å². The minimum absolute atomic E-state index is 0.0573. The van der Waals surface area contributed by atoms with E-state index >= 15 is 0 Å². The molecule has 2 aromatic carbocycles. The Labute approximate surface area is 178 Å². The van der Waals surface area contributed by atoms with E-state index in [9.17, 15) is 22.4 Å². The lowest BCUT2D eigenvalue weighted by atomic mass is 10.0. The normalized spacial score (nSPS) is 16.5. The molecular weight excluding hydrogens is 423 g/mol. The lowest BCUT2D eigenvalue weighted by Crippen LogP contribution is -2.49. The Hall–Kier alpha value is -2.98. The van der Waals surface area contributed by atoms with Crippen LogP contribution in [0.1, 0.15) is 25.8 Å². The Morgan fingerprint density at radius 3 is 2.48 bits per heavy atom. The number of imidazole rings is 1. The Balaban J connectivity index is 1.43. The average molecular weight is 447 g/mol. The van der Waals surface area contributed by atoms with Gasteiger partial charge in [-0.3, -0.25) is 9.36 Å². The van der Waals surface area contributed by atoms with Crippen LogP contribution >= 0.6 is 0 Å². The molecule has 0 radical (unpaired) electrons. The molecule has 1 amide bonds. The number of likely N-dealkylation sites (tertiary alicyclic amines) is 1. The Kier molecular flexibility index (Phi) is 5.67. The number of nitrogens with zero attached hydrogens (tertiary/aromatic N) is 2. The van der Waals surface area contributed by atoms with Crippen LogP contribution in [0, 0.1) is 5.82 Å². The van der Waals surface area contributed by atoms with E-state index in [4.69, 9.17) is 0 Å². The van der Waals surface area contributed by atoms with Crippen molar-refractivity contribution in [3.05, 3.63) is 64.8 Å². The highest BCUT2D eigenvalue weighted by atomic mass is 32.2. The number of sulfonamides is 1. The van der Waals surface area contributed by atoms with Crippen LogP contribution in [-0.2, 0) is 14.8 Å². The number of H-pyrrole nitrogens is 1. The number of amides is 1. The molecule has 164 valence electrons. The van der Waals surface area contributed by atoms with Gasteiger partial charge in [0.15, 0.2) is 0 Å². The fraction of sp³-hybridized carbons (Fsp3) is 0.333. The summed E-state index contributed by atoms with van der Waals surface area (Å²) in [7, 11) is -4.17. The van der Waals surface area contributed by atoms with Crippen LogP contribution in [-0.4, -0.2) is 47.9 Å². The zero-order chi connectivity index (χ0) is 22.2. The van der Waals surface area contributed by atoms with Crippen molar-refractivity contribution in [2.24, 2.45) is 0 Å². The summed E-state index contributed by atoms with van der Waals surface area (Å²) in [6.45, 7) is 2.22. The number of aromatic nitrogens is 2. The molecule has 0 spiro atoms. The van der Waals surface area contributed by atoms with Crippen molar-refractivity contribution >= 4 is 27.0 Å². The van der Waals surface area contributed by atoms with Crippen molar-refractivity contribution in [2.75, 3.05) is 13.1 Å². The molecule has 1 atom stereocenters. The van der Waals surface area contributed by atoms with E-state index in [1.807, 2.05) is 24.3 Å². The van der Waals surface area contributed by atoms with Gasteiger partial charge >= 0.3 is 5.69 Å². The lowest BCUT2D eigenvalue weighted by molar-refractivity contribution is -0.133. The third-order valence-electron chi connectivity index (χ3n) is 5.59. The Morgan fingerprint density at radius 1 is 1.13 bits per heavy atom. The lowest BCUT2D eigenvalue weighted by Gasteiger charge is -2.34. The summed E-state index contributed by atoms with van der Waals surface area (Å²) in [5, 5.41) is 0. The number of carbonyl (C=O) groups is 1. The van der Waals surface area contributed by atoms with Gasteiger partial charge in [0.25, 0.3) is 0 Å². The highest BCUT2D eigenvalue weighted by Crippen LogP contribution is 2.25.